The molecule has 0 saturated heterocycles. The van der Waals surface area contributed by atoms with E-state index in [1.165, 1.54) is 96.3 Å². The van der Waals surface area contributed by atoms with Gasteiger partial charge in [-0.05, 0) is 38.5 Å². The number of rotatable bonds is 40. The van der Waals surface area contributed by atoms with Crippen molar-refractivity contribution >= 4 is 19.8 Å². The van der Waals surface area contributed by atoms with Crippen molar-refractivity contribution < 1.29 is 48.2 Å². The number of unbranched alkanes of at least 4 members (excludes halogenated alkanes) is 18. The minimum Gasteiger partial charge on any atom is -0.462 e. The second kappa shape index (κ2) is 41.2. The summed E-state index contributed by atoms with van der Waals surface area (Å²) in [6.45, 7) is 3.36. The number of carbonyl (C=O) groups excluding carboxylic acids is 2. The van der Waals surface area contributed by atoms with Crippen molar-refractivity contribution in [1.29, 1.82) is 0 Å². The highest BCUT2D eigenvalue weighted by Gasteiger charge is 2.22. The number of hydrogen-bond acceptors (Lipinski definition) is 8. The summed E-state index contributed by atoms with van der Waals surface area (Å²) in [6.07, 6.45) is 47.0. The molecule has 0 radical (unpaired) electrons. The second-order valence-corrected chi connectivity index (χ2v) is 16.3. The maximum atomic E-state index is 12.4. The van der Waals surface area contributed by atoms with E-state index in [1.54, 1.807) is 36.5 Å². The maximum absolute atomic E-state index is 12.4. The molecule has 0 aromatic carbocycles. The lowest BCUT2D eigenvalue weighted by Gasteiger charge is -2.18. The molecule has 0 rings (SSSR count). The van der Waals surface area contributed by atoms with E-state index in [4.69, 9.17) is 19.3 Å². The van der Waals surface area contributed by atoms with Gasteiger partial charge in [-0.2, -0.15) is 0 Å². The number of ether oxygens (including phenoxy) is 2. The molecule has 10 nitrogen and oxygen atoms in total. The summed E-state index contributed by atoms with van der Waals surface area (Å²) in [5, 5.41) is 19.9. The smallest absolute Gasteiger partial charge is 0.462 e. The Morgan fingerprint density at radius 2 is 1.02 bits per heavy atom. The standard InChI is InChI=1S/C47H81O10P/c1-3-5-7-8-9-10-11-12-13-14-15-16-17-18-19-20-21-26-34-40-47(51)57-45(42-56-58(52,53)54)41-55-46(50)39-33-25-23-22-24-30-36-44(49)38-32-28-27-31-37-43(48)35-29-6-4-2/h6,23-25,27-32,37-38,43-45,48-49H,3-5,7-22,26,33-36,39-42H2,1-2H3,(H2,52,53,54)/b25-23-,28-27-,29-6-,30-24-,37-31+,38-32+/t43-,44+,45-/m1/s1. The number of aliphatic hydroxyl groups excluding tert-OH is 2. The Kier molecular flexibility index (Phi) is 39.3. The van der Waals surface area contributed by atoms with Gasteiger partial charge in [0.15, 0.2) is 6.10 Å². The summed E-state index contributed by atoms with van der Waals surface area (Å²) in [4.78, 5) is 42.9. The monoisotopic (exact) mass is 837 g/mol. The predicted octanol–water partition coefficient (Wildman–Crippen LogP) is 11.8. The minimum absolute atomic E-state index is 0.0840. The predicted molar refractivity (Wildman–Crippen MR) is 237 cm³/mol. The van der Waals surface area contributed by atoms with Gasteiger partial charge in [-0.15, -0.1) is 0 Å². The molecule has 0 aromatic heterocycles. The van der Waals surface area contributed by atoms with E-state index in [0.717, 1.165) is 25.7 Å². The molecule has 0 aliphatic rings. The highest BCUT2D eigenvalue weighted by atomic mass is 31.2. The summed E-state index contributed by atoms with van der Waals surface area (Å²) >= 11 is 0. The van der Waals surface area contributed by atoms with E-state index in [9.17, 15) is 24.4 Å². The van der Waals surface area contributed by atoms with Crippen LogP contribution in [0, 0.1) is 0 Å². The average molecular weight is 837 g/mol. The fraction of sp³-hybridized carbons (Fsp3) is 0.702. The van der Waals surface area contributed by atoms with Crippen molar-refractivity contribution in [2.45, 2.75) is 199 Å². The third-order valence-electron chi connectivity index (χ3n) is 9.42. The zero-order valence-electron chi connectivity index (χ0n) is 36.1. The van der Waals surface area contributed by atoms with E-state index in [2.05, 4.69) is 11.4 Å². The average Bonchev–Trinajstić information content (AvgIpc) is 3.18. The number of hydrogen-bond donors (Lipinski definition) is 4. The number of phosphoric ester groups is 1. The number of aliphatic hydroxyl groups is 2. The fourth-order valence-electron chi connectivity index (χ4n) is 6.05. The van der Waals surface area contributed by atoms with Crippen LogP contribution in [-0.4, -0.2) is 63.5 Å². The molecule has 4 N–H and O–H groups in total. The molecule has 0 aliphatic heterocycles. The van der Waals surface area contributed by atoms with Crippen LogP contribution in [0.3, 0.4) is 0 Å². The number of esters is 2. The highest BCUT2D eigenvalue weighted by molar-refractivity contribution is 7.46. The Balaban J connectivity index is 4.10. The number of carbonyl (C=O) groups is 2. The summed E-state index contributed by atoms with van der Waals surface area (Å²) < 4.78 is 26.3. The molecule has 0 aliphatic carbocycles. The first-order chi connectivity index (χ1) is 28.1. The highest BCUT2D eigenvalue weighted by Crippen LogP contribution is 2.36. The second-order valence-electron chi connectivity index (χ2n) is 15.1. The molecule has 0 aromatic rings. The van der Waals surface area contributed by atoms with Crippen LogP contribution in [0.5, 0.6) is 0 Å². The van der Waals surface area contributed by atoms with E-state index in [1.807, 2.05) is 43.4 Å². The van der Waals surface area contributed by atoms with Gasteiger partial charge in [0.25, 0.3) is 0 Å². The van der Waals surface area contributed by atoms with Gasteiger partial charge >= 0.3 is 19.8 Å². The maximum Gasteiger partial charge on any atom is 0.469 e. The van der Waals surface area contributed by atoms with Gasteiger partial charge in [-0.25, -0.2) is 4.57 Å². The van der Waals surface area contributed by atoms with Gasteiger partial charge in [-0.1, -0.05) is 202 Å². The van der Waals surface area contributed by atoms with Crippen molar-refractivity contribution in [3.05, 3.63) is 72.9 Å². The van der Waals surface area contributed by atoms with E-state index < -0.39 is 44.7 Å². The quantitative estimate of drug-likeness (QED) is 0.0154. The molecule has 0 spiro atoms. The number of phosphoric acid groups is 1. The normalized spacial score (nSPS) is 14.2. The Labute approximate surface area is 352 Å². The molecule has 0 amide bonds. The molecule has 0 bridgehead atoms. The van der Waals surface area contributed by atoms with E-state index >= 15 is 0 Å². The van der Waals surface area contributed by atoms with Crippen LogP contribution in [0.2, 0.25) is 0 Å². The molecule has 58 heavy (non-hydrogen) atoms. The topological polar surface area (TPSA) is 160 Å². The van der Waals surface area contributed by atoms with Crippen LogP contribution in [0.1, 0.15) is 181 Å². The Morgan fingerprint density at radius 1 is 0.552 bits per heavy atom. The van der Waals surface area contributed by atoms with Gasteiger partial charge in [0.1, 0.15) is 6.61 Å². The van der Waals surface area contributed by atoms with Gasteiger partial charge in [-0.3, -0.25) is 14.1 Å². The van der Waals surface area contributed by atoms with Crippen molar-refractivity contribution in [3.8, 4) is 0 Å². The first kappa shape index (κ1) is 55.4. The van der Waals surface area contributed by atoms with E-state index in [0.29, 0.717) is 32.1 Å². The Bertz CT molecular complexity index is 1200. The molecule has 3 atom stereocenters. The first-order valence-electron chi connectivity index (χ1n) is 22.4. The first-order valence-corrected chi connectivity index (χ1v) is 24.0. The molecule has 0 fully saturated rings. The third-order valence-corrected chi connectivity index (χ3v) is 9.90. The van der Waals surface area contributed by atoms with Crippen LogP contribution < -0.4 is 0 Å². The molecule has 334 valence electrons. The molecule has 0 heterocycles. The lowest BCUT2D eigenvalue weighted by molar-refractivity contribution is -0.161. The van der Waals surface area contributed by atoms with Gasteiger partial charge in [0.05, 0.1) is 18.8 Å². The summed E-state index contributed by atoms with van der Waals surface area (Å²) in [5.41, 5.74) is 0. The lowest BCUT2D eigenvalue weighted by atomic mass is 10.0. The van der Waals surface area contributed by atoms with Crippen LogP contribution in [-0.2, 0) is 28.2 Å². The van der Waals surface area contributed by atoms with Crippen LogP contribution in [0.15, 0.2) is 72.9 Å². The lowest BCUT2D eigenvalue weighted by Crippen LogP contribution is -2.29. The summed E-state index contributed by atoms with van der Waals surface area (Å²) in [5.74, 6) is -1.05. The summed E-state index contributed by atoms with van der Waals surface area (Å²) in [6, 6.07) is 0. The Hall–Kier alpha value is -2.59. The largest absolute Gasteiger partial charge is 0.469 e. The molecule has 0 unspecified atom stereocenters. The van der Waals surface area contributed by atoms with Crippen LogP contribution in [0.25, 0.3) is 0 Å². The van der Waals surface area contributed by atoms with Gasteiger partial charge < -0.3 is 29.5 Å². The zero-order chi connectivity index (χ0) is 42.8. The van der Waals surface area contributed by atoms with Gasteiger partial charge in [0.2, 0.25) is 0 Å². The third kappa shape index (κ3) is 43.0. The van der Waals surface area contributed by atoms with Crippen molar-refractivity contribution in [2.24, 2.45) is 0 Å². The zero-order valence-corrected chi connectivity index (χ0v) is 37.0. The van der Waals surface area contributed by atoms with Crippen LogP contribution >= 0.6 is 7.82 Å². The van der Waals surface area contributed by atoms with Crippen molar-refractivity contribution in [1.82, 2.24) is 0 Å². The van der Waals surface area contributed by atoms with Crippen molar-refractivity contribution in [2.75, 3.05) is 13.2 Å². The van der Waals surface area contributed by atoms with Crippen LogP contribution in [0.4, 0.5) is 0 Å². The Morgan fingerprint density at radius 3 is 1.50 bits per heavy atom. The SMILES string of the molecule is CC/C=C\C[C@@H](O)/C=C/C=C\C=C\[C@@H](O)C/C=C\C/C=C\CCC(=O)OC[C@H](COP(=O)(O)O)OC(=O)CCCCCCCCCCCCCCCCCCCCC. The van der Waals surface area contributed by atoms with Gasteiger partial charge in [0, 0.05) is 12.8 Å². The molecule has 0 saturated carbocycles. The molecule has 11 heteroatoms. The fourth-order valence-corrected chi connectivity index (χ4v) is 6.41. The van der Waals surface area contributed by atoms with E-state index in [-0.39, 0.29) is 19.4 Å². The molecular formula is C47H81O10P. The minimum atomic E-state index is -4.80. The number of allylic oxidation sites excluding steroid dienone is 8. The summed E-state index contributed by atoms with van der Waals surface area (Å²) in [7, 11) is -4.80. The van der Waals surface area contributed by atoms with Crippen molar-refractivity contribution in [3.63, 3.8) is 0 Å². The molecular weight excluding hydrogens is 755 g/mol.